The van der Waals surface area contributed by atoms with Crippen molar-refractivity contribution in [3.8, 4) is 0 Å². The third-order valence-corrected chi connectivity index (χ3v) is 6.05. The van der Waals surface area contributed by atoms with Gasteiger partial charge in [0, 0.05) is 18.9 Å². The number of allylic oxidation sites excluding steroid dienone is 5. The third kappa shape index (κ3) is 6.25. The highest BCUT2D eigenvalue weighted by Gasteiger charge is 2.47. The summed E-state index contributed by atoms with van der Waals surface area (Å²) in [6.07, 6.45) is 16.6. The Labute approximate surface area is 173 Å². The number of carboxylic acids is 1. The van der Waals surface area contributed by atoms with Crippen LogP contribution in [0.15, 0.2) is 47.6 Å². The van der Waals surface area contributed by atoms with Crippen molar-refractivity contribution in [2.45, 2.75) is 70.8 Å². The maximum atomic E-state index is 12.4. The summed E-state index contributed by atoms with van der Waals surface area (Å²) in [5.74, 6) is -1.45. The quantitative estimate of drug-likeness (QED) is 0.478. The van der Waals surface area contributed by atoms with E-state index < -0.39 is 17.3 Å². The van der Waals surface area contributed by atoms with E-state index in [1.165, 1.54) is 0 Å². The topological polar surface area (TPSA) is 94.8 Å². The standard InChI is InChI=1S/C24H34O5/c1-18(13-14-19-9-5-11-21(19)26)8-7-16-24(23(28)29,15-3-2-4-17-25)20-10-6-12-22(20)27/h2-3,7,13-14,16,20-21,25-26H,4-6,8-12,15,17H2,1H3,(H,28,29)/b3-2-,16-7+,18-13+,19-14-/t20-,21?,24-/m0/s1. The Morgan fingerprint density at radius 1 is 1.17 bits per heavy atom. The van der Waals surface area contributed by atoms with Crippen LogP contribution in [0.2, 0.25) is 0 Å². The van der Waals surface area contributed by atoms with Crippen LogP contribution in [-0.2, 0) is 9.59 Å². The zero-order valence-corrected chi connectivity index (χ0v) is 17.3. The first kappa shape index (κ1) is 23.3. The predicted octanol–water partition coefficient (Wildman–Crippen LogP) is 4.12. The molecule has 0 aliphatic heterocycles. The van der Waals surface area contributed by atoms with Gasteiger partial charge >= 0.3 is 5.97 Å². The Hall–Kier alpha value is -1.98. The Morgan fingerprint density at radius 2 is 1.93 bits per heavy atom. The van der Waals surface area contributed by atoms with Gasteiger partial charge in [-0.3, -0.25) is 9.59 Å². The molecule has 0 radical (unpaired) electrons. The van der Waals surface area contributed by atoms with E-state index in [1.807, 2.05) is 25.2 Å². The fourth-order valence-corrected chi connectivity index (χ4v) is 4.28. The Morgan fingerprint density at radius 3 is 2.52 bits per heavy atom. The van der Waals surface area contributed by atoms with Crippen LogP contribution in [0.5, 0.6) is 0 Å². The molecule has 2 saturated carbocycles. The van der Waals surface area contributed by atoms with E-state index in [0.717, 1.165) is 36.8 Å². The second-order valence-corrected chi connectivity index (χ2v) is 8.21. The van der Waals surface area contributed by atoms with Crippen molar-refractivity contribution < 1.29 is 24.9 Å². The summed E-state index contributed by atoms with van der Waals surface area (Å²) in [6.45, 7) is 2.00. The minimum Gasteiger partial charge on any atom is -0.481 e. The minimum absolute atomic E-state index is 0.0168. The summed E-state index contributed by atoms with van der Waals surface area (Å²) >= 11 is 0. The molecule has 0 aromatic rings. The summed E-state index contributed by atoms with van der Waals surface area (Å²) < 4.78 is 0. The van der Waals surface area contributed by atoms with E-state index in [0.29, 0.717) is 25.7 Å². The second-order valence-electron chi connectivity index (χ2n) is 8.21. The number of hydrogen-bond donors (Lipinski definition) is 3. The molecule has 29 heavy (non-hydrogen) atoms. The highest BCUT2D eigenvalue weighted by molar-refractivity contribution is 5.91. The summed E-state index contributed by atoms with van der Waals surface area (Å²) in [6, 6.07) is 0. The van der Waals surface area contributed by atoms with Gasteiger partial charge in [-0.05, 0) is 63.9 Å². The highest BCUT2D eigenvalue weighted by atomic mass is 16.4. The number of hydrogen-bond acceptors (Lipinski definition) is 4. The lowest BCUT2D eigenvalue weighted by molar-refractivity contribution is -0.151. The molecule has 0 spiro atoms. The molecule has 2 aliphatic rings. The third-order valence-electron chi connectivity index (χ3n) is 6.05. The van der Waals surface area contributed by atoms with Gasteiger partial charge in [0.25, 0.3) is 0 Å². The SMILES string of the molecule is C/C(=C\C=C1\CCCC1O)C/C=C/[C@](C/C=C\CCO)(C(=O)O)[C@H]1CCCC1=O. The van der Waals surface area contributed by atoms with Crippen molar-refractivity contribution in [1.29, 1.82) is 0 Å². The first-order chi connectivity index (χ1) is 13.9. The summed E-state index contributed by atoms with van der Waals surface area (Å²) in [5, 5.41) is 28.9. The Balaban J connectivity index is 2.16. The molecule has 3 atom stereocenters. The average molecular weight is 403 g/mol. The molecule has 5 heteroatoms. The first-order valence-electron chi connectivity index (χ1n) is 10.6. The number of Topliss-reactive ketones (excluding diaryl/α,β-unsaturated/α-hetero) is 1. The van der Waals surface area contributed by atoms with Crippen molar-refractivity contribution in [2.75, 3.05) is 6.61 Å². The van der Waals surface area contributed by atoms with Crippen molar-refractivity contribution in [3.63, 3.8) is 0 Å². The average Bonchev–Trinajstić information content (AvgIpc) is 3.30. The van der Waals surface area contributed by atoms with E-state index in [9.17, 15) is 19.8 Å². The van der Waals surface area contributed by atoms with Crippen LogP contribution >= 0.6 is 0 Å². The molecule has 0 bridgehead atoms. The monoisotopic (exact) mass is 402 g/mol. The fraction of sp³-hybridized carbons (Fsp3) is 0.583. The summed E-state index contributed by atoms with van der Waals surface area (Å²) in [5.41, 5.74) is 0.888. The molecular formula is C24H34O5. The van der Waals surface area contributed by atoms with Gasteiger partial charge in [0.15, 0.2) is 0 Å². The lowest BCUT2D eigenvalue weighted by Gasteiger charge is -2.30. The van der Waals surface area contributed by atoms with Crippen molar-refractivity contribution in [3.05, 3.63) is 47.6 Å². The molecule has 2 rings (SSSR count). The van der Waals surface area contributed by atoms with E-state index in [2.05, 4.69) is 0 Å². The molecule has 160 valence electrons. The molecule has 0 heterocycles. The van der Waals surface area contributed by atoms with Gasteiger partial charge < -0.3 is 15.3 Å². The van der Waals surface area contributed by atoms with Crippen LogP contribution in [0.1, 0.15) is 64.7 Å². The largest absolute Gasteiger partial charge is 0.481 e. The Bertz CT molecular complexity index is 700. The van der Waals surface area contributed by atoms with Gasteiger partial charge in [-0.2, -0.15) is 0 Å². The van der Waals surface area contributed by atoms with Crippen molar-refractivity contribution >= 4 is 11.8 Å². The smallest absolute Gasteiger partial charge is 0.314 e. The molecule has 1 unspecified atom stereocenters. The number of carbonyl (C=O) groups excluding carboxylic acids is 1. The number of aliphatic hydroxyl groups is 2. The Kier molecular flexibility index (Phi) is 9.05. The zero-order chi connectivity index (χ0) is 21.3. The highest BCUT2D eigenvalue weighted by Crippen LogP contribution is 2.42. The first-order valence-corrected chi connectivity index (χ1v) is 10.6. The molecule has 5 nitrogen and oxygen atoms in total. The lowest BCUT2D eigenvalue weighted by atomic mass is 9.71. The molecule has 0 amide bonds. The van der Waals surface area contributed by atoms with Crippen LogP contribution in [0.3, 0.4) is 0 Å². The zero-order valence-electron chi connectivity index (χ0n) is 17.3. The molecule has 0 aromatic heterocycles. The summed E-state index contributed by atoms with van der Waals surface area (Å²) in [7, 11) is 0. The molecule has 3 N–H and O–H groups in total. The van der Waals surface area contributed by atoms with E-state index in [-0.39, 0.29) is 24.9 Å². The van der Waals surface area contributed by atoms with E-state index in [1.54, 1.807) is 18.2 Å². The minimum atomic E-state index is -1.24. The molecule has 2 aliphatic carbocycles. The van der Waals surface area contributed by atoms with E-state index >= 15 is 0 Å². The second kappa shape index (κ2) is 11.3. The number of carbonyl (C=O) groups is 2. The predicted molar refractivity (Wildman–Crippen MR) is 113 cm³/mol. The number of aliphatic hydroxyl groups excluding tert-OH is 2. The number of carboxylic acid groups (broad SMARTS) is 1. The van der Waals surface area contributed by atoms with Crippen molar-refractivity contribution in [2.24, 2.45) is 11.3 Å². The number of aliphatic carboxylic acids is 1. The van der Waals surface area contributed by atoms with E-state index in [4.69, 9.17) is 5.11 Å². The number of ketones is 1. The van der Waals surface area contributed by atoms with Gasteiger partial charge in [-0.15, -0.1) is 0 Å². The van der Waals surface area contributed by atoms with Crippen LogP contribution < -0.4 is 0 Å². The van der Waals surface area contributed by atoms with Crippen LogP contribution in [0.25, 0.3) is 0 Å². The molecule has 0 aromatic carbocycles. The number of rotatable bonds is 10. The normalized spacial score (nSPS) is 26.8. The van der Waals surface area contributed by atoms with Gasteiger partial charge in [-0.1, -0.05) is 42.0 Å². The molecule has 0 saturated heterocycles. The van der Waals surface area contributed by atoms with Crippen LogP contribution in [0.4, 0.5) is 0 Å². The van der Waals surface area contributed by atoms with Gasteiger partial charge in [0.2, 0.25) is 0 Å². The lowest BCUT2D eigenvalue weighted by Crippen LogP contribution is -2.39. The van der Waals surface area contributed by atoms with Crippen molar-refractivity contribution in [1.82, 2.24) is 0 Å². The fourth-order valence-electron chi connectivity index (χ4n) is 4.28. The maximum absolute atomic E-state index is 12.4. The molecular weight excluding hydrogens is 368 g/mol. The maximum Gasteiger partial charge on any atom is 0.314 e. The molecule has 2 fully saturated rings. The van der Waals surface area contributed by atoms with Crippen LogP contribution in [-0.4, -0.2) is 39.8 Å². The van der Waals surface area contributed by atoms with Gasteiger partial charge in [-0.25, -0.2) is 0 Å². The van der Waals surface area contributed by atoms with Crippen LogP contribution in [0, 0.1) is 11.3 Å². The van der Waals surface area contributed by atoms with Gasteiger partial charge in [0.05, 0.1) is 11.5 Å². The van der Waals surface area contributed by atoms with Gasteiger partial charge in [0.1, 0.15) is 5.78 Å². The summed E-state index contributed by atoms with van der Waals surface area (Å²) in [4.78, 5) is 24.7.